The van der Waals surface area contributed by atoms with E-state index >= 15 is 0 Å². The molecule has 2 N–H and O–H groups in total. The maximum atomic E-state index is 12.1. The quantitative estimate of drug-likeness (QED) is 0.716. The highest BCUT2D eigenvalue weighted by atomic mass is 16.2. The molecule has 2 fully saturated rings. The Morgan fingerprint density at radius 2 is 2.13 bits per heavy atom. The van der Waals surface area contributed by atoms with Gasteiger partial charge in [0.25, 0.3) is 0 Å². The Balaban J connectivity index is 2.09. The van der Waals surface area contributed by atoms with E-state index in [4.69, 9.17) is 5.73 Å². The van der Waals surface area contributed by atoms with Gasteiger partial charge in [-0.15, -0.1) is 0 Å². The summed E-state index contributed by atoms with van der Waals surface area (Å²) in [6.45, 7) is 2.56. The van der Waals surface area contributed by atoms with Gasteiger partial charge in [0, 0.05) is 26.2 Å². The Morgan fingerprint density at radius 3 is 2.73 bits per heavy atom. The van der Waals surface area contributed by atoms with Gasteiger partial charge in [0.05, 0.1) is 6.04 Å². The van der Waals surface area contributed by atoms with Gasteiger partial charge in [-0.3, -0.25) is 9.69 Å². The molecule has 1 unspecified atom stereocenters. The van der Waals surface area contributed by atoms with Crippen LogP contribution in [-0.2, 0) is 4.79 Å². The number of likely N-dealkylation sites (N-methyl/N-ethyl adjacent to an activating group) is 1. The predicted octanol–water partition coefficient (Wildman–Crippen LogP) is 0.0303. The van der Waals surface area contributed by atoms with E-state index in [1.165, 1.54) is 12.8 Å². The van der Waals surface area contributed by atoms with E-state index in [1.54, 1.807) is 0 Å². The summed E-state index contributed by atoms with van der Waals surface area (Å²) in [4.78, 5) is 16.4. The lowest BCUT2D eigenvalue weighted by Crippen LogP contribution is -2.46. The first-order chi connectivity index (χ1) is 7.24. The first kappa shape index (κ1) is 10.9. The molecule has 1 aliphatic heterocycles. The molecule has 2 aliphatic rings. The summed E-state index contributed by atoms with van der Waals surface area (Å²) < 4.78 is 0. The topological polar surface area (TPSA) is 49.6 Å². The van der Waals surface area contributed by atoms with E-state index in [9.17, 15) is 4.79 Å². The third-order valence-corrected chi connectivity index (χ3v) is 3.43. The van der Waals surface area contributed by atoms with Gasteiger partial charge < -0.3 is 10.6 Å². The van der Waals surface area contributed by atoms with Crippen molar-refractivity contribution >= 4 is 5.91 Å². The number of nitrogens with zero attached hydrogens (tertiary/aromatic N) is 2. The normalized spacial score (nSPS) is 29.3. The molecule has 0 radical (unpaired) electrons. The number of rotatable bonds is 3. The Hall–Kier alpha value is -0.610. The smallest absolute Gasteiger partial charge is 0.239 e. The molecule has 0 aromatic carbocycles. The number of carbonyl (C=O) groups is 1. The average molecular weight is 211 g/mol. The van der Waals surface area contributed by atoms with Crippen LogP contribution in [0, 0.1) is 0 Å². The molecule has 1 aliphatic carbocycles. The fraction of sp³-hybridized carbons (Fsp3) is 0.909. The maximum absolute atomic E-state index is 12.1. The average Bonchev–Trinajstić information content (AvgIpc) is 3.03. The second-order valence-corrected chi connectivity index (χ2v) is 4.68. The minimum atomic E-state index is 0.0509. The summed E-state index contributed by atoms with van der Waals surface area (Å²) in [6, 6.07) is 0.715. The van der Waals surface area contributed by atoms with Crippen molar-refractivity contribution in [2.24, 2.45) is 5.73 Å². The Bertz CT molecular complexity index is 240. The fourth-order valence-electron chi connectivity index (χ4n) is 2.44. The van der Waals surface area contributed by atoms with Crippen LogP contribution in [0.2, 0.25) is 0 Å². The summed E-state index contributed by atoms with van der Waals surface area (Å²) in [5.41, 5.74) is 5.60. The summed E-state index contributed by atoms with van der Waals surface area (Å²) in [5.74, 6) is 0.268. The van der Waals surface area contributed by atoms with E-state index in [2.05, 4.69) is 4.90 Å². The Morgan fingerprint density at radius 1 is 1.40 bits per heavy atom. The minimum Gasteiger partial charge on any atom is -0.344 e. The van der Waals surface area contributed by atoms with Crippen LogP contribution in [0.25, 0.3) is 0 Å². The molecule has 1 saturated carbocycles. The van der Waals surface area contributed by atoms with Crippen LogP contribution in [0.4, 0.5) is 0 Å². The second-order valence-electron chi connectivity index (χ2n) is 4.68. The number of amides is 1. The van der Waals surface area contributed by atoms with Gasteiger partial charge in [0.1, 0.15) is 0 Å². The summed E-state index contributed by atoms with van der Waals surface area (Å²) in [7, 11) is 1.91. The maximum Gasteiger partial charge on any atom is 0.239 e. The molecular weight excluding hydrogens is 190 g/mol. The number of hydrogen-bond acceptors (Lipinski definition) is 3. The van der Waals surface area contributed by atoms with Gasteiger partial charge in [0.2, 0.25) is 5.91 Å². The van der Waals surface area contributed by atoms with Gasteiger partial charge in [-0.25, -0.2) is 0 Å². The van der Waals surface area contributed by atoms with Crippen LogP contribution < -0.4 is 5.73 Å². The van der Waals surface area contributed by atoms with Crippen LogP contribution in [-0.4, -0.2) is 54.5 Å². The van der Waals surface area contributed by atoms with Crippen LogP contribution in [0.15, 0.2) is 0 Å². The van der Waals surface area contributed by atoms with Crippen molar-refractivity contribution in [2.75, 3.05) is 26.7 Å². The van der Waals surface area contributed by atoms with E-state index < -0.39 is 0 Å². The standard InChI is InChI=1S/C11H21N3O/c1-13-7-2-8-14(9-3-4-9)10(5-6-12)11(13)15/h9-10H,2-8,12H2,1H3. The summed E-state index contributed by atoms with van der Waals surface area (Å²) >= 11 is 0. The minimum absolute atomic E-state index is 0.0509. The largest absolute Gasteiger partial charge is 0.344 e. The van der Waals surface area contributed by atoms with E-state index in [0.717, 1.165) is 25.9 Å². The molecule has 1 saturated heterocycles. The molecule has 4 nitrogen and oxygen atoms in total. The summed E-state index contributed by atoms with van der Waals surface area (Å²) in [5, 5.41) is 0. The van der Waals surface area contributed by atoms with E-state index in [-0.39, 0.29) is 11.9 Å². The molecule has 1 amide bonds. The van der Waals surface area contributed by atoms with Crippen LogP contribution >= 0.6 is 0 Å². The lowest BCUT2D eigenvalue weighted by Gasteiger charge is -2.29. The number of nitrogens with two attached hydrogens (primary N) is 1. The number of hydrogen-bond donors (Lipinski definition) is 1. The molecule has 0 bridgehead atoms. The lowest BCUT2D eigenvalue weighted by atomic mass is 10.1. The molecule has 4 heteroatoms. The molecule has 2 rings (SSSR count). The highest BCUT2D eigenvalue weighted by molar-refractivity contribution is 5.82. The number of carbonyl (C=O) groups excluding carboxylic acids is 1. The van der Waals surface area contributed by atoms with Crippen molar-refractivity contribution < 1.29 is 4.79 Å². The van der Waals surface area contributed by atoms with E-state index in [1.807, 2.05) is 11.9 Å². The van der Waals surface area contributed by atoms with Gasteiger partial charge in [-0.1, -0.05) is 0 Å². The highest BCUT2D eigenvalue weighted by Gasteiger charge is 2.38. The Labute approximate surface area is 91.4 Å². The second kappa shape index (κ2) is 4.49. The zero-order valence-electron chi connectivity index (χ0n) is 9.48. The van der Waals surface area contributed by atoms with Gasteiger partial charge in [-0.2, -0.15) is 0 Å². The van der Waals surface area contributed by atoms with Gasteiger partial charge >= 0.3 is 0 Å². The molecule has 1 atom stereocenters. The third kappa shape index (κ3) is 2.32. The molecule has 0 spiro atoms. The molecule has 1 heterocycles. The SMILES string of the molecule is CN1CCCN(C2CC2)C(CCN)C1=O. The van der Waals surface area contributed by atoms with Crippen LogP contribution in [0.5, 0.6) is 0 Å². The molecular formula is C11H21N3O. The van der Waals surface area contributed by atoms with Crippen molar-refractivity contribution in [3.63, 3.8) is 0 Å². The third-order valence-electron chi connectivity index (χ3n) is 3.43. The van der Waals surface area contributed by atoms with Crippen molar-refractivity contribution in [1.82, 2.24) is 9.80 Å². The van der Waals surface area contributed by atoms with Crippen molar-refractivity contribution in [2.45, 2.75) is 37.8 Å². The zero-order chi connectivity index (χ0) is 10.8. The summed E-state index contributed by atoms with van der Waals surface area (Å²) in [6.07, 6.45) is 4.43. The van der Waals surface area contributed by atoms with Crippen LogP contribution in [0.1, 0.15) is 25.7 Å². The molecule has 0 aromatic heterocycles. The van der Waals surface area contributed by atoms with Crippen LogP contribution in [0.3, 0.4) is 0 Å². The molecule has 0 aromatic rings. The van der Waals surface area contributed by atoms with Crippen molar-refractivity contribution in [3.05, 3.63) is 0 Å². The van der Waals surface area contributed by atoms with Gasteiger partial charge in [0.15, 0.2) is 0 Å². The zero-order valence-corrected chi connectivity index (χ0v) is 9.48. The fourth-order valence-corrected chi connectivity index (χ4v) is 2.44. The first-order valence-corrected chi connectivity index (χ1v) is 5.95. The molecule has 15 heavy (non-hydrogen) atoms. The van der Waals surface area contributed by atoms with E-state index in [0.29, 0.717) is 12.6 Å². The van der Waals surface area contributed by atoms with Crippen molar-refractivity contribution in [1.29, 1.82) is 0 Å². The van der Waals surface area contributed by atoms with Gasteiger partial charge in [-0.05, 0) is 32.2 Å². The van der Waals surface area contributed by atoms with Crippen molar-refractivity contribution in [3.8, 4) is 0 Å². The Kier molecular flexibility index (Phi) is 3.26. The monoisotopic (exact) mass is 211 g/mol. The lowest BCUT2D eigenvalue weighted by molar-refractivity contribution is -0.134. The predicted molar refractivity (Wildman–Crippen MR) is 59.4 cm³/mol. The first-order valence-electron chi connectivity index (χ1n) is 5.95. The highest BCUT2D eigenvalue weighted by Crippen LogP contribution is 2.31. The molecule has 86 valence electrons.